The summed E-state index contributed by atoms with van der Waals surface area (Å²) in [7, 11) is 0. The van der Waals surface area contributed by atoms with Gasteiger partial charge < -0.3 is 37.1 Å². The van der Waals surface area contributed by atoms with Gasteiger partial charge in [-0.15, -0.1) is 0 Å². The van der Waals surface area contributed by atoms with Crippen molar-refractivity contribution in [1.29, 1.82) is 0 Å². The molecule has 1 saturated heterocycles. The van der Waals surface area contributed by atoms with Gasteiger partial charge in [0.25, 0.3) is 5.91 Å². The Kier molecular flexibility index (Phi) is 12.5. The Morgan fingerprint density at radius 3 is 2.48 bits per heavy atom. The second kappa shape index (κ2) is 16.0. The number of ether oxygens (including phenoxy) is 1. The molecule has 0 unspecified atom stereocenters. The van der Waals surface area contributed by atoms with Gasteiger partial charge in [0.05, 0.1) is 24.4 Å². The first kappa shape index (κ1) is 34.3. The fraction of sp³-hybridized carbons (Fsp3) is 0.600. The Morgan fingerprint density at radius 2 is 1.80 bits per heavy atom. The van der Waals surface area contributed by atoms with E-state index < -0.39 is 72.5 Å². The molecule has 2 heterocycles. The minimum atomic E-state index is -1.41. The number of amides is 6. The Hall–Kier alpha value is -4.20. The van der Waals surface area contributed by atoms with E-state index in [0.29, 0.717) is 6.54 Å². The molecule has 0 radical (unpaired) electrons. The van der Waals surface area contributed by atoms with Crippen LogP contribution in [0.1, 0.15) is 63.7 Å². The summed E-state index contributed by atoms with van der Waals surface area (Å²) in [6.45, 7) is 9.31. The largest absolute Gasteiger partial charge is 0.491 e. The van der Waals surface area contributed by atoms with E-state index in [0.717, 1.165) is 25.9 Å². The van der Waals surface area contributed by atoms with Gasteiger partial charge in [0.15, 0.2) is 0 Å². The second-order valence-electron chi connectivity index (χ2n) is 11.6. The summed E-state index contributed by atoms with van der Waals surface area (Å²) < 4.78 is 5.88. The van der Waals surface area contributed by atoms with Gasteiger partial charge >= 0.3 is 0 Å². The first-order valence-electron chi connectivity index (χ1n) is 15.1. The Labute approximate surface area is 257 Å². The van der Waals surface area contributed by atoms with Gasteiger partial charge in [-0.25, -0.2) is 0 Å². The number of carbonyl (C=O) groups is 6. The molecule has 0 spiro atoms. The van der Waals surface area contributed by atoms with Crippen molar-refractivity contribution in [2.75, 3.05) is 26.2 Å². The van der Waals surface area contributed by atoms with Crippen molar-refractivity contribution in [2.24, 2.45) is 11.7 Å². The number of benzene rings is 1. The molecule has 14 nitrogen and oxygen atoms in total. The van der Waals surface area contributed by atoms with E-state index in [2.05, 4.69) is 31.5 Å². The normalized spacial score (nSPS) is 25.9. The van der Waals surface area contributed by atoms with Gasteiger partial charge in [-0.1, -0.05) is 32.9 Å². The molecule has 0 bridgehead atoms. The van der Waals surface area contributed by atoms with Gasteiger partial charge in [0, 0.05) is 12.6 Å². The Bertz CT molecular complexity index is 1220. The van der Waals surface area contributed by atoms with Crippen LogP contribution in [0.4, 0.5) is 0 Å². The van der Waals surface area contributed by atoms with Crippen LogP contribution in [-0.2, 0) is 24.0 Å². The highest BCUT2D eigenvalue weighted by molar-refractivity contribution is 6.01. The number of hydrogen-bond acceptors (Lipinski definition) is 8. The third kappa shape index (κ3) is 9.66. The van der Waals surface area contributed by atoms with Gasteiger partial charge in [-0.2, -0.15) is 0 Å². The number of hydrogen-bond donors (Lipinski definition) is 6. The molecule has 1 fully saturated rings. The molecule has 0 aromatic heterocycles. The van der Waals surface area contributed by atoms with Gasteiger partial charge in [-0.05, 0) is 50.9 Å². The topological polar surface area (TPSA) is 201 Å². The van der Waals surface area contributed by atoms with Gasteiger partial charge in [0.2, 0.25) is 29.5 Å². The van der Waals surface area contributed by atoms with E-state index in [1.54, 1.807) is 39.0 Å². The molecular weight excluding hydrogens is 570 g/mol. The Balaban J connectivity index is 1.92. The second-order valence-corrected chi connectivity index (χ2v) is 11.6. The van der Waals surface area contributed by atoms with Crippen LogP contribution in [0.5, 0.6) is 5.75 Å². The lowest BCUT2D eigenvalue weighted by molar-refractivity contribution is -0.135. The van der Waals surface area contributed by atoms with E-state index in [1.807, 2.05) is 6.92 Å². The first-order valence-corrected chi connectivity index (χ1v) is 15.1. The molecular formula is C30H45N7O7. The summed E-state index contributed by atoms with van der Waals surface area (Å²) in [4.78, 5) is 80.4. The van der Waals surface area contributed by atoms with E-state index >= 15 is 0 Å². The van der Waals surface area contributed by atoms with Crippen LogP contribution in [0.3, 0.4) is 0 Å². The number of likely N-dealkylation sites (tertiary alicyclic amines) is 1. The number of nitrogens with two attached hydrogens (primary N) is 1. The minimum Gasteiger partial charge on any atom is -0.491 e. The van der Waals surface area contributed by atoms with Crippen LogP contribution in [0.2, 0.25) is 0 Å². The highest BCUT2D eigenvalue weighted by Crippen LogP contribution is 2.19. The minimum absolute atomic E-state index is 0.00162. The molecule has 242 valence electrons. The molecule has 6 amide bonds. The van der Waals surface area contributed by atoms with Crippen molar-refractivity contribution in [3.05, 3.63) is 29.8 Å². The summed E-state index contributed by atoms with van der Waals surface area (Å²) in [6, 6.07) is 2.31. The number of carbonyl (C=O) groups excluding carboxylic acids is 6. The SMILES string of the molecule is CCN1CCC[C@H]1CNC(=O)[C@@H]1CC(=O)N[C@@H](CC(N)=O)C(=O)N[C@H](C(C)C)C(=O)N[C@@H](C)COc2ccccc2C(=O)N1. The average Bonchev–Trinajstić information content (AvgIpc) is 3.43. The van der Waals surface area contributed by atoms with Crippen LogP contribution in [0, 0.1) is 5.92 Å². The average molecular weight is 616 g/mol. The lowest BCUT2D eigenvalue weighted by atomic mass is 10.0. The highest BCUT2D eigenvalue weighted by atomic mass is 16.5. The molecule has 3 rings (SSSR count). The summed E-state index contributed by atoms with van der Waals surface area (Å²) in [5.74, 6) is -4.29. The van der Waals surface area contributed by atoms with E-state index in [9.17, 15) is 28.8 Å². The predicted octanol–water partition coefficient (Wildman–Crippen LogP) is -0.826. The third-order valence-electron chi connectivity index (χ3n) is 7.74. The maximum Gasteiger partial charge on any atom is 0.255 e. The summed E-state index contributed by atoms with van der Waals surface area (Å²) in [6.07, 6.45) is 0.845. The molecule has 1 aromatic carbocycles. The fourth-order valence-corrected chi connectivity index (χ4v) is 5.34. The number of nitrogens with one attached hydrogen (secondary N) is 5. The van der Waals surface area contributed by atoms with Crippen LogP contribution in [0.15, 0.2) is 24.3 Å². The molecule has 5 atom stereocenters. The van der Waals surface area contributed by atoms with Crippen molar-refractivity contribution >= 4 is 35.4 Å². The molecule has 2 aliphatic heterocycles. The van der Waals surface area contributed by atoms with E-state index in [-0.39, 0.29) is 29.9 Å². The predicted molar refractivity (Wildman–Crippen MR) is 161 cm³/mol. The van der Waals surface area contributed by atoms with Crippen molar-refractivity contribution in [3.8, 4) is 5.75 Å². The Morgan fingerprint density at radius 1 is 1.07 bits per heavy atom. The zero-order valence-corrected chi connectivity index (χ0v) is 25.8. The lowest BCUT2D eigenvalue weighted by Crippen LogP contribution is -2.58. The smallest absolute Gasteiger partial charge is 0.255 e. The molecule has 2 aliphatic rings. The number of primary amides is 1. The number of para-hydroxylation sites is 1. The summed E-state index contributed by atoms with van der Waals surface area (Å²) in [5.41, 5.74) is 5.49. The van der Waals surface area contributed by atoms with Crippen molar-refractivity contribution < 1.29 is 33.5 Å². The molecule has 44 heavy (non-hydrogen) atoms. The maximum absolute atomic E-state index is 13.4. The van der Waals surface area contributed by atoms with Crippen LogP contribution in [0.25, 0.3) is 0 Å². The number of fused-ring (bicyclic) bond motifs is 1. The van der Waals surface area contributed by atoms with Gasteiger partial charge in [-0.3, -0.25) is 33.7 Å². The van der Waals surface area contributed by atoms with E-state index in [1.165, 1.54) is 6.07 Å². The molecule has 7 N–H and O–H groups in total. The number of rotatable bonds is 7. The monoisotopic (exact) mass is 615 g/mol. The van der Waals surface area contributed by atoms with Crippen molar-refractivity contribution in [1.82, 2.24) is 31.5 Å². The first-order chi connectivity index (χ1) is 20.9. The number of likely N-dealkylation sites (N-methyl/N-ethyl adjacent to an activating group) is 1. The highest BCUT2D eigenvalue weighted by Gasteiger charge is 2.33. The van der Waals surface area contributed by atoms with Crippen molar-refractivity contribution in [2.45, 2.75) is 83.6 Å². The molecule has 0 saturated carbocycles. The molecule has 1 aromatic rings. The van der Waals surface area contributed by atoms with Crippen LogP contribution < -0.4 is 37.1 Å². The molecule has 14 heteroatoms. The van der Waals surface area contributed by atoms with Crippen LogP contribution in [-0.4, -0.2) is 96.8 Å². The number of nitrogens with zero attached hydrogens (tertiary/aromatic N) is 1. The lowest BCUT2D eigenvalue weighted by Gasteiger charge is -2.26. The van der Waals surface area contributed by atoms with Crippen LogP contribution >= 0.6 is 0 Å². The quantitative estimate of drug-likeness (QED) is 0.228. The standard InChI is InChI=1S/C30H45N7O7/c1-5-37-12-8-9-19(37)15-32-28(41)22-14-25(39)34-21(13-24(31)38)29(42)36-26(17(2)3)30(43)33-18(4)16-44-23-11-7-6-10-20(23)27(40)35-22/h6-7,10-11,17-19,21-22,26H,5,8-9,12-16H2,1-4H3,(H2,31,38)(H,32,41)(H,33,43)(H,34,39)(H,35,40)(H,36,42)/t18-,19-,21-,22-,26+/m0/s1. The fourth-order valence-electron chi connectivity index (χ4n) is 5.34. The summed E-state index contributed by atoms with van der Waals surface area (Å²) >= 11 is 0. The zero-order chi connectivity index (χ0) is 32.4. The summed E-state index contributed by atoms with van der Waals surface area (Å²) in [5, 5.41) is 13.3. The third-order valence-corrected chi connectivity index (χ3v) is 7.74. The molecule has 0 aliphatic carbocycles. The zero-order valence-electron chi connectivity index (χ0n) is 25.8. The van der Waals surface area contributed by atoms with Crippen molar-refractivity contribution in [3.63, 3.8) is 0 Å². The maximum atomic E-state index is 13.4. The van der Waals surface area contributed by atoms with Gasteiger partial charge in [0.1, 0.15) is 30.5 Å². The van der Waals surface area contributed by atoms with E-state index in [4.69, 9.17) is 10.5 Å².